The van der Waals surface area contributed by atoms with Crippen molar-refractivity contribution in [3.05, 3.63) is 42.5 Å². The van der Waals surface area contributed by atoms with Crippen LogP contribution < -0.4 is 15.4 Å². The lowest BCUT2D eigenvalue weighted by molar-refractivity contribution is -0.123. The third-order valence-corrected chi connectivity index (χ3v) is 3.81. The van der Waals surface area contributed by atoms with Crippen LogP contribution in [0.3, 0.4) is 0 Å². The summed E-state index contributed by atoms with van der Waals surface area (Å²) in [5.41, 5.74) is 0. The van der Waals surface area contributed by atoms with Crippen LogP contribution in [-0.2, 0) is 4.79 Å². The average molecular weight is 321 g/mol. The van der Waals surface area contributed by atoms with Gasteiger partial charge in [-0.2, -0.15) is 0 Å². The quantitative estimate of drug-likeness (QED) is 0.910. The molecule has 1 amide bonds. The molecule has 4 nitrogen and oxygen atoms in total. The van der Waals surface area contributed by atoms with E-state index in [4.69, 9.17) is 4.74 Å². The number of nitrogens with one attached hydrogen (secondary N) is 2. The number of hydrogen-bond acceptors (Lipinski definition) is 3. The van der Waals surface area contributed by atoms with Crippen LogP contribution in [0.5, 0.6) is 5.75 Å². The number of halogens is 1. The van der Waals surface area contributed by atoms with Crippen LogP contribution in [0.25, 0.3) is 10.8 Å². The van der Waals surface area contributed by atoms with E-state index < -0.39 is 0 Å². The molecule has 0 aliphatic carbocycles. The van der Waals surface area contributed by atoms with Crippen LogP contribution in [0.2, 0.25) is 0 Å². The normalized spacial score (nSPS) is 15.1. The molecule has 0 bridgehead atoms. The number of amides is 1. The van der Waals surface area contributed by atoms with E-state index in [1.807, 2.05) is 42.5 Å². The predicted molar refractivity (Wildman–Crippen MR) is 90.7 cm³/mol. The molecular weight excluding hydrogens is 300 g/mol. The van der Waals surface area contributed by atoms with Gasteiger partial charge in [0, 0.05) is 11.4 Å². The average Bonchev–Trinajstić information content (AvgIpc) is 2.54. The summed E-state index contributed by atoms with van der Waals surface area (Å²) < 4.78 is 5.69. The zero-order chi connectivity index (χ0) is 14.5. The van der Waals surface area contributed by atoms with Gasteiger partial charge >= 0.3 is 0 Å². The maximum Gasteiger partial charge on any atom is 0.258 e. The maximum absolute atomic E-state index is 12.0. The minimum absolute atomic E-state index is 0. The van der Waals surface area contributed by atoms with Gasteiger partial charge < -0.3 is 15.4 Å². The summed E-state index contributed by atoms with van der Waals surface area (Å²) in [7, 11) is 0. The summed E-state index contributed by atoms with van der Waals surface area (Å²) in [4.78, 5) is 12.0. The molecule has 0 radical (unpaired) electrons. The van der Waals surface area contributed by atoms with Gasteiger partial charge in [-0.05, 0) is 37.4 Å². The fourth-order valence-corrected chi connectivity index (χ4v) is 2.70. The second-order valence-corrected chi connectivity index (χ2v) is 5.36. The van der Waals surface area contributed by atoms with Crippen LogP contribution in [0.4, 0.5) is 0 Å². The van der Waals surface area contributed by atoms with Gasteiger partial charge in [-0.15, -0.1) is 12.4 Å². The van der Waals surface area contributed by atoms with Crippen molar-refractivity contribution in [3.8, 4) is 5.75 Å². The van der Waals surface area contributed by atoms with E-state index in [1.165, 1.54) is 0 Å². The van der Waals surface area contributed by atoms with Crippen molar-refractivity contribution < 1.29 is 9.53 Å². The summed E-state index contributed by atoms with van der Waals surface area (Å²) in [6.45, 7) is 2.00. The number of piperidine rings is 1. The fourth-order valence-electron chi connectivity index (χ4n) is 2.70. The second kappa shape index (κ2) is 8.01. The van der Waals surface area contributed by atoms with Gasteiger partial charge in [0.1, 0.15) is 5.75 Å². The molecule has 2 aromatic rings. The van der Waals surface area contributed by atoms with Gasteiger partial charge in [-0.3, -0.25) is 4.79 Å². The molecule has 1 aliphatic rings. The Morgan fingerprint density at radius 2 is 1.86 bits per heavy atom. The predicted octanol–water partition coefficient (Wildman–Crippen LogP) is 2.51. The first kappa shape index (κ1) is 16.6. The number of fused-ring (bicyclic) bond motifs is 1. The first-order chi connectivity index (χ1) is 10.3. The van der Waals surface area contributed by atoms with Gasteiger partial charge in [0.2, 0.25) is 0 Å². The Labute approximate surface area is 136 Å². The van der Waals surface area contributed by atoms with Gasteiger partial charge in [-0.25, -0.2) is 0 Å². The van der Waals surface area contributed by atoms with E-state index in [2.05, 4.69) is 10.6 Å². The van der Waals surface area contributed by atoms with Gasteiger partial charge in [0.15, 0.2) is 6.61 Å². The molecule has 2 aromatic carbocycles. The van der Waals surface area contributed by atoms with Crippen molar-refractivity contribution in [3.63, 3.8) is 0 Å². The number of carbonyl (C=O) groups is 1. The SMILES string of the molecule is Cl.O=C(COc1cccc2ccccc12)NC1CCNCC1. The Bertz CT molecular complexity index is 622. The number of rotatable bonds is 4. The zero-order valence-corrected chi connectivity index (χ0v) is 13.2. The maximum atomic E-state index is 12.0. The monoisotopic (exact) mass is 320 g/mol. The third kappa shape index (κ3) is 4.12. The standard InChI is InChI=1S/C17H20N2O2.ClH/c20-17(19-14-8-10-18-11-9-14)12-21-16-7-3-5-13-4-1-2-6-15(13)16;/h1-7,14,18H,8-12H2,(H,19,20);1H. The van der Waals surface area contributed by atoms with Gasteiger partial charge in [0.05, 0.1) is 0 Å². The highest BCUT2D eigenvalue weighted by molar-refractivity contribution is 5.88. The number of hydrogen-bond donors (Lipinski definition) is 2. The van der Waals surface area contributed by atoms with Crippen LogP contribution in [0.15, 0.2) is 42.5 Å². The van der Waals surface area contributed by atoms with E-state index in [-0.39, 0.29) is 31.0 Å². The topological polar surface area (TPSA) is 50.4 Å². The summed E-state index contributed by atoms with van der Waals surface area (Å²) in [6.07, 6.45) is 1.97. The highest BCUT2D eigenvalue weighted by atomic mass is 35.5. The molecule has 22 heavy (non-hydrogen) atoms. The lowest BCUT2D eigenvalue weighted by atomic mass is 10.1. The highest BCUT2D eigenvalue weighted by Gasteiger charge is 2.15. The molecular formula is C17H21ClN2O2. The molecule has 2 N–H and O–H groups in total. The van der Waals surface area contributed by atoms with E-state index in [1.54, 1.807) is 0 Å². The Hall–Kier alpha value is -1.78. The van der Waals surface area contributed by atoms with Gasteiger partial charge in [0.25, 0.3) is 5.91 Å². The number of carbonyl (C=O) groups excluding carboxylic acids is 1. The van der Waals surface area contributed by atoms with E-state index in [0.29, 0.717) is 0 Å². The number of ether oxygens (including phenoxy) is 1. The van der Waals surface area contributed by atoms with Crippen LogP contribution in [-0.4, -0.2) is 31.6 Å². The molecule has 1 fully saturated rings. The lowest BCUT2D eigenvalue weighted by Gasteiger charge is -2.23. The molecule has 0 atom stereocenters. The van der Waals surface area contributed by atoms with Crippen molar-refractivity contribution >= 4 is 29.1 Å². The van der Waals surface area contributed by atoms with Crippen LogP contribution >= 0.6 is 12.4 Å². The molecule has 0 aromatic heterocycles. The molecule has 0 spiro atoms. The first-order valence-corrected chi connectivity index (χ1v) is 7.43. The first-order valence-electron chi connectivity index (χ1n) is 7.43. The summed E-state index contributed by atoms with van der Waals surface area (Å²) in [6, 6.07) is 14.2. The van der Waals surface area contributed by atoms with Crippen molar-refractivity contribution in [2.45, 2.75) is 18.9 Å². The largest absolute Gasteiger partial charge is 0.483 e. The molecule has 118 valence electrons. The van der Waals surface area contributed by atoms with Crippen molar-refractivity contribution in [1.29, 1.82) is 0 Å². The molecule has 3 rings (SSSR count). The molecule has 0 unspecified atom stereocenters. The van der Waals surface area contributed by atoms with Crippen molar-refractivity contribution in [2.24, 2.45) is 0 Å². The Kier molecular flexibility index (Phi) is 6.04. The molecule has 1 heterocycles. The molecule has 1 saturated heterocycles. The zero-order valence-electron chi connectivity index (χ0n) is 12.4. The lowest BCUT2D eigenvalue weighted by Crippen LogP contribution is -2.44. The number of benzene rings is 2. The molecule has 0 saturated carbocycles. The Morgan fingerprint density at radius 3 is 2.68 bits per heavy atom. The third-order valence-electron chi connectivity index (χ3n) is 3.81. The van der Waals surface area contributed by atoms with Crippen molar-refractivity contribution in [2.75, 3.05) is 19.7 Å². The highest BCUT2D eigenvalue weighted by Crippen LogP contribution is 2.24. The van der Waals surface area contributed by atoms with E-state index in [9.17, 15) is 4.79 Å². The summed E-state index contributed by atoms with van der Waals surface area (Å²) in [5, 5.41) is 8.47. The smallest absolute Gasteiger partial charge is 0.258 e. The van der Waals surface area contributed by atoms with E-state index in [0.717, 1.165) is 42.5 Å². The van der Waals surface area contributed by atoms with Crippen molar-refractivity contribution in [1.82, 2.24) is 10.6 Å². The minimum Gasteiger partial charge on any atom is -0.483 e. The molecule has 1 aliphatic heterocycles. The molecule has 5 heteroatoms. The second-order valence-electron chi connectivity index (χ2n) is 5.36. The Morgan fingerprint density at radius 1 is 1.14 bits per heavy atom. The Balaban J connectivity index is 0.00000176. The summed E-state index contributed by atoms with van der Waals surface area (Å²) in [5.74, 6) is 0.711. The minimum atomic E-state index is -0.0464. The van der Waals surface area contributed by atoms with Gasteiger partial charge in [-0.1, -0.05) is 36.4 Å². The fraction of sp³-hybridized carbons (Fsp3) is 0.353. The van der Waals surface area contributed by atoms with Crippen LogP contribution in [0, 0.1) is 0 Å². The van der Waals surface area contributed by atoms with E-state index >= 15 is 0 Å². The summed E-state index contributed by atoms with van der Waals surface area (Å²) >= 11 is 0. The van der Waals surface area contributed by atoms with Crippen LogP contribution in [0.1, 0.15) is 12.8 Å².